The van der Waals surface area contributed by atoms with Crippen molar-refractivity contribution in [2.75, 3.05) is 19.4 Å². The summed E-state index contributed by atoms with van der Waals surface area (Å²) in [6, 6.07) is 10.6. The van der Waals surface area contributed by atoms with Gasteiger partial charge in [-0.3, -0.25) is 24.3 Å². The molecule has 0 atom stereocenters. The molecule has 1 amide bonds. The number of nitro groups is 1. The van der Waals surface area contributed by atoms with Crippen molar-refractivity contribution >= 4 is 40.7 Å². The van der Waals surface area contributed by atoms with Gasteiger partial charge in [0.25, 0.3) is 5.69 Å². The highest BCUT2D eigenvalue weighted by molar-refractivity contribution is 7.99. The smallest absolute Gasteiger partial charge is 0.269 e. The number of thioether (sulfide) groups is 1. The van der Waals surface area contributed by atoms with E-state index in [0.717, 1.165) is 0 Å². The summed E-state index contributed by atoms with van der Waals surface area (Å²) in [5, 5.41) is 22.8. The minimum Gasteiger partial charge on any atom is -0.495 e. The van der Waals surface area contributed by atoms with E-state index in [1.165, 1.54) is 50.1 Å². The Balaban J connectivity index is 1.83. The zero-order chi connectivity index (χ0) is 24.0. The number of non-ortho nitro benzene ring substituents is 1. The number of ketones is 1. The van der Waals surface area contributed by atoms with E-state index in [9.17, 15) is 19.7 Å². The average Bonchev–Trinajstić information content (AvgIpc) is 3.19. The molecule has 1 N–H and O–H groups in total. The first-order valence-electron chi connectivity index (χ1n) is 9.73. The standard InChI is InChI=1S/C21H20ClN5O5S/c1-13(28)23-10-9-20-24-25-21(26(20)16-7-8-19(32-2)17(22)11-16)33-12-18(29)14-3-5-15(6-4-14)27(30)31/h3-8,11H,9-10,12H2,1-2H3,(H,23,28). The molecule has 12 heteroatoms. The van der Waals surface area contributed by atoms with E-state index >= 15 is 0 Å². The zero-order valence-corrected chi connectivity index (χ0v) is 19.4. The van der Waals surface area contributed by atoms with Gasteiger partial charge < -0.3 is 10.1 Å². The van der Waals surface area contributed by atoms with E-state index in [1.807, 2.05) is 0 Å². The second-order valence-electron chi connectivity index (χ2n) is 6.80. The third kappa shape index (κ3) is 6.08. The number of aromatic nitrogens is 3. The third-order valence-corrected chi connectivity index (χ3v) is 5.77. The predicted molar refractivity (Wildman–Crippen MR) is 123 cm³/mol. The molecular weight excluding hydrogens is 470 g/mol. The number of halogens is 1. The number of carbonyl (C=O) groups excluding carboxylic acids is 2. The van der Waals surface area contributed by atoms with Crippen molar-refractivity contribution in [2.45, 2.75) is 18.5 Å². The van der Waals surface area contributed by atoms with Gasteiger partial charge in [-0.2, -0.15) is 0 Å². The topological polar surface area (TPSA) is 129 Å². The molecule has 3 rings (SSSR count). The maximum Gasteiger partial charge on any atom is 0.269 e. The molecule has 0 fully saturated rings. The number of hydrogen-bond donors (Lipinski definition) is 1. The molecule has 172 valence electrons. The maximum absolute atomic E-state index is 12.6. The van der Waals surface area contributed by atoms with Crippen LogP contribution in [0.2, 0.25) is 5.02 Å². The number of methoxy groups -OCH3 is 1. The lowest BCUT2D eigenvalue weighted by atomic mass is 10.1. The van der Waals surface area contributed by atoms with Crippen LogP contribution in [-0.2, 0) is 11.2 Å². The van der Waals surface area contributed by atoms with Crippen molar-refractivity contribution in [1.82, 2.24) is 20.1 Å². The van der Waals surface area contributed by atoms with Crippen molar-refractivity contribution in [3.8, 4) is 11.4 Å². The summed E-state index contributed by atoms with van der Waals surface area (Å²) in [7, 11) is 1.52. The second-order valence-corrected chi connectivity index (χ2v) is 8.15. The monoisotopic (exact) mass is 489 g/mol. The van der Waals surface area contributed by atoms with Crippen molar-refractivity contribution in [3.63, 3.8) is 0 Å². The lowest BCUT2D eigenvalue weighted by molar-refractivity contribution is -0.384. The largest absolute Gasteiger partial charge is 0.495 e. The van der Waals surface area contributed by atoms with Crippen molar-refractivity contribution in [3.05, 3.63) is 69.0 Å². The Labute approximate surface area is 198 Å². The van der Waals surface area contributed by atoms with E-state index < -0.39 is 4.92 Å². The summed E-state index contributed by atoms with van der Waals surface area (Å²) in [5.74, 6) is 0.769. The quantitative estimate of drug-likeness (QED) is 0.198. The highest BCUT2D eigenvalue weighted by Gasteiger charge is 2.18. The molecule has 33 heavy (non-hydrogen) atoms. The molecule has 0 spiro atoms. The van der Waals surface area contributed by atoms with Crippen LogP contribution in [0.5, 0.6) is 5.75 Å². The van der Waals surface area contributed by atoms with E-state index in [4.69, 9.17) is 16.3 Å². The number of hydrogen-bond acceptors (Lipinski definition) is 8. The average molecular weight is 490 g/mol. The Bertz CT molecular complexity index is 1180. The van der Waals surface area contributed by atoms with Crippen LogP contribution in [0, 0.1) is 10.1 Å². The lowest BCUT2D eigenvalue weighted by Gasteiger charge is -2.12. The zero-order valence-electron chi connectivity index (χ0n) is 17.8. The van der Waals surface area contributed by atoms with Crippen LogP contribution in [0.25, 0.3) is 5.69 Å². The van der Waals surface area contributed by atoms with Gasteiger partial charge in [0, 0.05) is 37.6 Å². The van der Waals surface area contributed by atoms with Gasteiger partial charge in [-0.05, 0) is 30.3 Å². The Morgan fingerprint density at radius 1 is 1.21 bits per heavy atom. The molecule has 10 nitrogen and oxygen atoms in total. The van der Waals surface area contributed by atoms with Gasteiger partial charge in [0.1, 0.15) is 11.6 Å². The Hall–Kier alpha value is -3.44. The summed E-state index contributed by atoms with van der Waals surface area (Å²) in [4.78, 5) is 34.1. The molecule has 1 heterocycles. The highest BCUT2D eigenvalue weighted by atomic mass is 35.5. The summed E-state index contributed by atoms with van der Waals surface area (Å²) < 4.78 is 6.97. The van der Waals surface area contributed by atoms with E-state index in [-0.39, 0.29) is 23.1 Å². The first-order valence-corrected chi connectivity index (χ1v) is 11.1. The van der Waals surface area contributed by atoms with Gasteiger partial charge in [-0.1, -0.05) is 23.4 Å². The van der Waals surface area contributed by atoms with Gasteiger partial charge in [-0.15, -0.1) is 10.2 Å². The molecule has 0 saturated heterocycles. The molecule has 0 radical (unpaired) electrons. The van der Waals surface area contributed by atoms with Crippen LogP contribution >= 0.6 is 23.4 Å². The van der Waals surface area contributed by atoms with E-state index in [0.29, 0.717) is 46.0 Å². The molecule has 2 aromatic carbocycles. The number of rotatable bonds is 10. The molecular formula is C21H20ClN5O5S. The fraction of sp³-hybridized carbons (Fsp3) is 0.238. The number of amides is 1. The molecule has 0 aliphatic rings. The summed E-state index contributed by atoms with van der Waals surface area (Å²) in [5.41, 5.74) is 0.950. The van der Waals surface area contributed by atoms with E-state index in [2.05, 4.69) is 15.5 Å². The number of Topliss-reactive ketones (excluding diaryl/α,β-unsaturated/α-hetero) is 1. The lowest BCUT2D eigenvalue weighted by Crippen LogP contribution is -2.23. The van der Waals surface area contributed by atoms with Crippen LogP contribution < -0.4 is 10.1 Å². The first kappa shape index (κ1) is 24.2. The fourth-order valence-electron chi connectivity index (χ4n) is 2.94. The normalized spacial score (nSPS) is 10.6. The summed E-state index contributed by atoms with van der Waals surface area (Å²) in [6.45, 7) is 1.79. The van der Waals surface area contributed by atoms with Crippen LogP contribution in [0.3, 0.4) is 0 Å². The third-order valence-electron chi connectivity index (χ3n) is 4.55. The molecule has 0 bridgehead atoms. The van der Waals surface area contributed by atoms with Crippen molar-refractivity contribution < 1.29 is 19.2 Å². The molecule has 0 saturated carbocycles. The van der Waals surface area contributed by atoms with Crippen LogP contribution in [0.15, 0.2) is 47.6 Å². The maximum atomic E-state index is 12.6. The highest BCUT2D eigenvalue weighted by Crippen LogP contribution is 2.30. The van der Waals surface area contributed by atoms with Crippen LogP contribution in [0.1, 0.15) is 23.1 Å². The Morgan fingerprint density at radius 2 is 1.94 bits per heavy atom. The van der Waals surface area contributed by atoms with Gasteiger partial charge >= 0.3 is 0 Å². The minimum absolute atomic E-state index is 0.0471. The van der Waals surface area contributed by atoms with E-state index in [1.54, 1.807) is 22.8 Å². The first-order chi connectivity index (χ1) is 15.8. The number of nitrogens with one attached hydrogen (secondary N) is 1. The SMILES string of the molecule is COc1ccc(-n2c(CCNC(C)=O)nnc2SCC(=O)c2ccc([N+](=O)[O-])cc2)cc1Cl. The van der Waals surface area contributed by atoms with Crippen LogP contribution in [0.4, 0.5) is 5.69 Å². The number of nitro benzene ring substituents is 1. The van der Waals surface area contributed by atoms with Crippen molar-refractivity contribution in [2.24, 2.45) is 0 Å². The van der Waals surface area contributed by atoms with Gasteiger partial charge in [0.2, 0.25) is 5.91 Å². The van der Waals surface area contributed by atoms with Gasteiger partial charge in [-0.25, -0.2) is 0 Å². The van der Waals surface area contributed by atoms with Gasteiger partial charge in [0.15, 0.2) is 10.9 Å². The Morgan fingerprint density at radius 3 is 2.55 bits per heavy atom. The summed E-state index contributed by atoms with van der Waals surface area (Å²) in [6.07, 6.45) is 0.410. The number of ether oxygens (including phenoxy) is 1. The Kier molecular flexibility index (Phi) is 8.01. The fourth-order valence-corrected chi connectivity index (χ4v) is 4.06. The number of carbonyl (C=O) groups is 2. The number of nitrogens with zero attached hydrogens (tertiary/aromatic N) is 4. The molecule has 1 aromatic heterocycles. The predicted octanol–water partition coefficient (Wildman–Crippen LogP) is 3.49. The van der Waals surface area contributed by atoms with Gasteiger partial charge in [0.05, 0.1) is 28.5 Å². The molecule has 0 unspecified atom stereocenters. The number of benzene rings is 2. The van der Waals surface area contributed by atoms with Crippen molar-refractivity contribution in [1.29, 1.82) is 0 Å². The molecule has 0 aliphatic carbocycles. The van der Waals surface area contributed by atoms with Crippen LogP contribution in [-0.4, -0.2) is 50.8 Å². The second kappa shape index (κ2) is 10.9. The molecule has 0 aliphatic heterocycles. The molecule has 3 aromatic rings. The summed E-state index contributed by atoms with van der Waals surface area (Å²) >= 11 is 7.47. The minimum atomic E-state index is -0.520.